The van der Waals surface area contributed by atoms with Crippen molar-refractivity contribution in [2.75, 3.05) is 40.8 Å². The van der Waals surface area contributed by atoms with E-state index in [4.69, 9.17) is 0 Å². The number of amides is 1. The lowest BCUT2D eigenvalue weighted by Crippen LogP contribution is -2.58. The number of carbonyl (C=O) groups is 1. The Hall–Kier alpha value is -0.610. The summed E-state index contributed by atoms with van der Waals surface area (Å²) in [5.41, 5.74) is 0. The lowest BCUT2D eigenvalue weighted by Gasteiger charge is -2.41. The van der Waals surface area contributed by atoms with Gasteiger partial charge >= 0.3 is 0 Å². The molecule has 70 valence electrons. The molecule has 1 amide bonds. The van der Waals surface area contributed by atoms with E-state index < -0.39 is 0 Å². The van der Waals surface area contributed by atoms with Crippen molar-refractivity contribution in [2.45, 2.75) is 6.04 Å². The fourth-order valence-electron chi connectivity index (χ4n) is 1.39. The maximum atomic E-state index is 11.3. The van der Waals surface area contributed by atoms with Gasteiger partial charge in [-0.05, 0) is 14.1 Å². The Labute approximate surface area is 73.5 Å². The van der Waals surface area contributed by atoms with Crippen LogP contribution in [0.15, 0.2) is 0 Å². The molecule has 4 nitrogen and oxygen atoms in total. The Morgan fingerprint density at radius 3 is 2.67 bits per heavy atom. The fourth-order valence-corrected chi connectivity index (χ4v) is 1.39. The minimum atomic E-state index is 0.176. The van der Waals surface area contributed by atoms with Crippen LogP contribution in [0, 0.1) is 0 Å². The predicted octanol–water partition coefficient (Wildman–Crippen LogP) is -1.02. The van der Waals surface area contributed by atoms with Gasteiger partial charge in [-0.2, -0.15) is 0 Å². The Morgan fingerprint density at radius 2 is 2.25 bits per heavy atom. The monoisotopic (exact) mass is 171 g/mol. The van der Waals surface area contributed by atoms with Gasteiger partial charge in [0.1, 0.15) is 0 Å². The van der Waals surface area contributed by atoms with Gasteiger partial charge in [0.2, 0.25) is 5.91 Å². The largest absolute Gasteiger partial charge is 0.339 e. The molecule has 0 aromatic heterocycles. The molecule has 1 fully saturated rings. The summed E-state index contributed by atoms with van der Waals surface area (Å²) in [6.07, 6.45) is 0. The first-order valence-corrected chi connectivity index (χ1v) is 4.24. The van der Waals surface area contributed by atoms with Crippen LogP contribution in [0.1, 0.15) is 0 Å². The second kappa shape index (κ2) is 3.87. The van der Waals surface area contributed by atoms with Crippen molar-refractivity contribution < 1.29 is 4.79 Å². The first-order valence-electron chi connectivity index (χ1n) is 4.24. The number of nitrogens with zero attached hydrogens (tertiary/aromatic N) is 2. The van der Waals surface area contributed by atoms with Crippen molar-refractivity contribution >= 4 is 5.91 Å². The minimum Gasteiger partial charge on any atom is -0.339 e. The molecule has 0 bridgehead atoms. The summed E-state index contributed by atoms with van der Waals surface area (Å²) in [5.74, 6) is 0.176. The van der Waals surface area contributed by atoms with Crippen molar-refractivity contribution in [3.8, 4) is 0 Å². The average molecular weight is 171 g/mol. The number of nitrogens with one attached hydrogen (secondary N) is 1. The van der Waals surface area contributed by atoms with E-state index in [1.165, 1.54) is 0 Å². The van der Waals surface area contributed by atoms with E-state index in [0.717, 1.165) is 13.1 Å². The van der Waals surface area contributed by atoms with Gasteiger partial charge in [0.25, 0.3) is 0 Å². The van der Waals surface area contributed by atoms with E-state index in [0.29, 0.717) is 12.6 Å². The molecule has 0 radical (unpaired) electrons. The predicted molar refractivity (Wildman–Crippen MR) is 48.0 cm³/mol. The zero-order valence-electron chi connectivity index (χ0n) is 8.00. The van der Waals surface area contributed by atoms with Crippen LogP contribution in [0.5, 0.6) is 0 Å². The van der Waals surface area contributed by atoms with E-state index in [9.17, 15) is 4.79 Å². The third kappa shape index (κ3) is 1.95. The summed E-state index contributed by atoms with van der Waals surface area (Å²) < 4.78 is 0. The van der Waals surface area contributed by atoms with Gasteiger partial charge in [0.15, 0.2) is 0 Å². The zero-order chi connectivity index (χ0) is 9.14. The molecule has 1 heterocycles. The van der Waals surface area contributed by atoms with Crippen LogP contribution in [-0.4, -0.2) is 62.5 Å². The Morgan fingerprint density at radius 1 is 1.67 bits per heavy atom. The van der Waals surface area contributed by atoms with Crippen molar-refractivity contribution in [2.24, 2.45) is 0 Å². The Balaban J connectivity index is 2.27. The number of likely N-dealkylation sites (N-methyl/N-ethyl adjacent to an activating group) is 3. The maximum Gasteiger partial charge on any atom is 0.236 e. The Kier molecular flexibility index (Phi) is 3.05. The molecule has 0 unspecified atom stereocenters. The van der Waals surface area contributed by atoms with E-state index in [2.05, 4.69) is 17.3 Å². The fraction of sp³-hybridized carbons (Fsp3) is 0.875. The average Bonchev–Trinajstić information content (AvgIpc) is 1.98. The second-order valence-electron chi connectivity index (χ2n) is 3.41. The molecule has 0 saturated carbocycles. The lowest BCUT2D eigenvalue weighted by molar-refractivity contribution is -0.133. The molecule has 1 N–H and O–H groups in total. The number of hydrogen-bond acceptors (Lipinski definition) is 3. The standard InChI is InChI=1S/C8H17N3O/c1-9-4-8(12)11(3)7-5-10(2)6-7/h7,9H,4-6H2,1-3H3. The molecule has 12 heavy (non-hydrogen) atoms. The van der Waals surface area contributed by atoms with Gasteiger partial charge in [0.05, 0.1) is 12.6 Å². The molecule has 0 aromatic carbocycles. The molecule has 1 aliphatic heterocycles. The summed E-state index contributed by atoms with van der Waals surface area (Å²) in [7, 11) is 5.73. The molecule has 1 aliphatic rings. The van der Waals surface area contributed by atoms with E-state index in [1.54, 1.807) is 7.05 Å². The van der Waals surface area contributed by atoms with Gasteiger partial charge in [-0.25, -0.2) is 0 Å². The molecular formula is C8H17N3O. The highest BCUT2D eigenvalue weighted by Gasteiger charge is 2.29. The van der Waals surface area contributed by atoms with Gasteiger partial charge in [-0.3, -0.25) is 4.79 Å². The highest BCUT2D eigenvalue weighted by atomic mass is 16.2. The molecule has 0 aliphatic carbocycles. The summed E-state index contributed by atoms with van der Waals surface area (Å²) >= 11 is 0. The van der Waals surface area contributed by atoms with Crippen LogP contribution in [0.25, 0.3) is 0 Å². The number of rotatable bonds is 3. The molecule has 1 rings (SSSR count). The van der Waals surface area contributed by atoms with Gasteiger partial charge in [-0.15, -0.1) is 0 Å². The van der Waals surface area contributed by atoms with Crippen molar-refractivity contribution in [3.63, 3.8) is 0 Å². The first-order chi connectivity index (χ1) is 5.65. The van der Waals surface area contributed by atoms with Gasteiger partial charge < -0.3 is 15.1 Å². The number of hydrogen-bond donors (Lipinski definition) is 1. The van der Waals surface area contributed by atoms with Crippen molar-refractivity contribution in [1.29, 1.82) is 0 Å². The summed E-state index contributed by atoms with van der Waals surface area (Å²) in [4.78, 5) is 15.4. The summed E-state index contributed by atoms with van der Waals surface area (Å²) in [6, 6.07) is 0.427. The summed E-state index contributed by atoms with van der Waals surface area (Å²) in [6.45, 7) is 2.45. The number of likely N-dealkylation sites (tertiary alicyclic amines) is 1. The molecule has 0 aromatic rings. The Bertz CT molecular complexity index is 166. The molecule has 4 heteroatoms. The van der Waals surface area contributed by atoms with Crippen molar-refractivity contribution in [1.82, 2.24) is 15.1 Å². The normalized spacial score (nSPS) is 18.9. The number of carbonyl (C=O) groups excluding carboxylic acids is 1. The lowest BCUT2D eigenvalue weighted by atomic mass is 10.1. The minimum absolute atomic E-state index is 0.176. The first kappa shape index (κ1) is 9.48. The van der Waals surface area contributed by atoms with Crippen LogP contribution < -0.4 is 5.32 Å². The van der Waals surface area contributed by atoms with E-state index in [1.807, 2.05) is 11.9 Å². The maximum absolute atomic E-state index is 11.3. The smallest absolute Gasteiger partial charge is 0.236 e. The SMILES string of the molecule is CNCC(=O)N(C)C1CN(C)C1. The third-order valence-corrected chi connectivity index (χ3v) is 2.31. The zero-order valence-corrected chi connectivity index (χ0v) is 8.00. The highest BCUT2D eigenvalue weighted by Crippen LogP contribution is 2.10. The topological polar surface area (TPSA) is 35.6 Å². The highest BCUT2D eigenvalue weighted by molar-refractivity contribution is 5.78. The molecule has 1 saturated heterocycles. The van der Waals surface area contributed by atoms with Crippen LogP contribution in [0.3, 0.4) is 0 Å². The van der Waals surface area contributed by atoms with Crippen LogP contribution in [0.2, 0.25) is 0 Å². The van der Waals surface area contributed by atoms with Gasteiger partial charge in [-0.1, -0.05) is 0 Å². The van der Waals surface area contributed by atoms with Crippen LogP contribution in [0.4, 0.5) is 0 Å². The summed E-state index contributed by atoms with van der Waals surface area (Å²) in [5, 5.41) is 2.86. The molecule has 0 spiro atoms. The van der Waals surface area contributed by atoms with Crippen LogP contribution >= 0.6 is 0 Å². The second-order valence-corrected chi connectivity index (χ2v) is 3.41. The molecular weight excluding hydrogens is 154 g/mol. The third-order valence-electron chi connectivity index (χ3n) is 2.31. The van der Waals surface area contributed by atoms with Crippen LogP contribution in [-0.2, 0) is 4.79 Å². The van der Waals surface area contributed by atoms with E-state index in [-0.39, 0.29) is 5.91 Å². The quantitative estimate of drug-likeness (QED) is 0.590. The van der Waals surface area contributed by atoms with Crippen molar-refractivity contribution in [3.05, 3.63) is 0 Å². The molecule has 0 atom stereocenters. The van der Waals surface area contributed by atoms with Gasteiger partial charge in [0, 0.05) is 20.1 Å². The van der Waals surface area contributed by atoms with E-state index >= 15 is 0 Å².